The first-order valence-electron chi connectivity index (χ1n) is 16.8. The van der Waals surface area contributed by atoms with E-state index in [1.165, 1.54) is 0 Å². The molecule has 0 saturated carbocycles. The highest BCUT2D eigenvalue weighted by Crippen LogP contribution is 2.34. The van der Waals surface area contributed by atoms with Crippen molar-refractivity contribution in [3.8, 4) is 5.75 Å². The number of amides is 2. The van der Waals surface area contributed by atoms with Gasteiger partial charge in [0.25, 0.3) is 0 Å². The van der Waals surface area contributed by atoms with Crippen molar-refractivity contribution in [2.75, 3.05) is 13.2 Å². The molecule has 1 rings (SSSR count). The number of rotatable bonds is 16. The predicted octanol–water partition coefficient (Wildman–Crippen LogP) is 7.38. The number of Topliss-reactive ketones (excluding diaryl/α,β-unsaturated/α-hetero) is 1. The highest BCUT2D eigenvalue weighted by Gasteiger charge is 2.31. The maximum Gasteiger partial charge on any atom is 0.407 e. The van der Waals surface area contributed by atoms with E-state index in [0.717, 1.165) is 24.0 Å². The Labute approximate surface area is 273 Å². The Kier molecular flexibility index (Phi) is 15.6. The third kappa shape index (κ3) is 15.0. The molecule has 0 aromatic heterocycles. The van der Waals surface area contributed by atoms with E-state index in [4.69, 9.17) is 9.47 Å². The van der Waals surface area contributed by atoms with Gasteiger partial charge in [-0.25, -0.2) is 4.79 Å². The van der Waals surface area contributed by atoms with Gasteiger partial charge in [0.05, 0.1) is 12.1 Å². The molecule has 0 aliphatic heterocycles. The van der Waals surface area contributed by atoms with E-state index in [1.807, 2.05) is 26.8 Å². The second kappa shape index (κ2) is 17.3. The molecule has 3 N–H and O–H groups in total. The molecule has 8 heteroatoms. The molecule has 1 aromatic rings. The topological polar surface area (TPSA) is 114 Å². The Morgan fingerprint density at radius 1 is 0.933 bits per heavy atom. The highest BCUT2D eigenvalue weighted by molar-refractivity contribution is 5.85. The molecule has 2 amide bonds. The summed E-state index contributed by atoms with van der Waals surface area (Å²) in [6, 6.07) is 5.59. The lowest BCUT2D eigenvalue weighted by atomic mass is 9.80. The number of aliphatic hydroxyl groups excluding tert-OH is 1. The lowest BCUT2D eigenvalue weighted by Gasteiger charge is -2.32. The Bertz CT molecular complexity index is 1090. The Balaban J connectivity index is 3.29. The summed E-state index contributed by atoms with van der Waals surface area (Å²) in [6.07, 6.45) is 1.72. The molecule has 0 saturated heterocycles. The maximum absolute atomic E-state index is 12.9. The van der Waals surface area contributed by atoms with Gasteiger partial charge in [-0.2, -0.15) is 0 Å². The second-order valence-corrected chi connectivity index (χ2v) is 16.1. The molecule has 0 aliphatic carbocycles. The number of alkyl carbamates (subject to hydrolysis) is 1. The first-order valence-corrected chi connectivity index (χ1v) is 16.8. The fraction of sp³-hybridized carbons (Fsp3) is 0.757. The molecule has 0 fully saturated rings. The van der Waals surface area contributed by atoms with E-state index >= 15 is 0 Å². The third-order valence-electron chi connectivity index (χ3n) is 8.09. The molecule has 45 heavy (non-hydrogen) atoms. The highest BCUT2D eigenvalue weighted by atomic mass is 16.6. The van der Waals surface area contributed by atoms with Crippen molar-refractivity contribution in [2.45, 2.75) is 145 Å². The maximum atomic E-state index is 12.9. The van der Waals surface area contributed by atoms with E-state index in [9.17, 15) is 19.5 Å². The van der Waals surface area contributed by atoms with Gasteiger partial charge in [0.1, 0.15) is 18.0 Å². The quantitative estimate of drug-likeness (QED) is 0.164. The zero-order valence-corrected chi connectivity index (χ0v) is 30.6. The number of benzene rings is 1. The molecule has 8 nitrogen and oxygen atoms in total. The smallest absolute Gasteiger partial charge is 0.407 e. The normalized spacial score (nSPS) is 15.2. The zero-order valence-electron chi connectivity index (χ0n) is 30.6. The van der Waals surface area contributed by atoms with Gasteiger partial charge in [-0.05, 0) is 80.9 Å². The minimum Gasteiger partial charge on any atom is -0.486 e. The summed E-state index contributed by atoms with van der Waals surface area (Å²) in [4.78, 5) is 38.2. The molecule has 4 atom stereocenters. The van der Waals surface area contributed by atoms with Gasteiger partial charge in [-0.3, -0.25) is 9.59 Å². The van der Waals surface area contributed by atoms with Gasteiger partial charge in [-0.1, -0.05) is 87.8 Å². The van der Waals surface area contributed by atoms with E-state index < -0.39 is 35.2 Å². The van der Waals surface area contributed by atoms with E-state index in [0.29, 0.717) is 25.1 Å². The standard InChI is InChI=1S/C37H64N2O6/c1-14-15-18-38-33(42)25(4)19-30(40)29(39-34(43)45-37(11,12)13)22-27(24(2)3)20-26-16-17-28(35(5,6)7)31(21-26)44-23-32(41)36(8,9)10/h16-17,21,24-25,27,29-30,40H,14-15,18-20,22-23H2,1-13H3,(H,38,42)(H,39,43)/t25?,27-,29-,30-/m0/s1. The summed E-state index contributed by atoms with van der Waals surface area (Å²) >= 11 is 0. The first-order chi connectivity index (χ1) is 20.5. The van der Waals surface area contributed by atoms with Gasteiger partial charge >= 0.3 is 6.09 Å². The molecule has 258 valence electrons. The molecule has 0 radical (unpaired) electrons. The minimum atomic E-state index is -0.948. The Morgan fingerprint density at radius 2 is 1.56 bits per heavy atom. The summed E-state index contributed by atoms with van der Waals surface area (Å²) in [5.41, 5.74) is 0.715. The van der Waals surface area contributed by atoms with Crippen molar-refractivity contribution < 1.29 is 29.0 Å². The number of ketones is 1. The van der Waals surface area contributed by atoms with Crippen LogP contribution in [0.1, 0.15) is 127 Å². The number of ether oxygens (including phenoxy) is 2. The van der Waals surface area contributed by atoms with E-state index in [2.05, 4.69) is 64.3 Å². The van der Waals surface area contributed by atoms with Crippen molar-refractivity contribution in [1.29, 1.82) is 0 Å². The number of nitrogens with one attached hydrogen (secondary N) is 2. The molecule has 1 unspecified atom stereocenters. The van der Waals surface area contributed by atoms with Crippen molar-refractivity contribution in [1.82, 2.24) is 10.6 Å². The zero-order chi connectivity index (χ0) is 34.8. The molecular formula is C37H64N2O6. The van der Waals surface area contributed by atoms with Crippen LogP contribution >= 0.6 is 0 Å². The van der Waals surface area contributed by atoms with Crippen LogP contribution in [-0.4, -0.2) is 53.8 Å². The number of aliphatic hydroxyl groups is 1. The van der Waals surface area contributed by atoms with Crippen LogP contribution in [-0.2, 0) is 26.2 Å². The number of hydrogen-bond acceptors (Lipinski definition) is 6. The monoisotopic (exact) mass is 632 g/mol. The van der Waals surface area contributed by atoms with Gasteiger partial charge in [0, 0.05) is 17.9 Å². The van der Waals surface area contributed by atoms with Crippen LogP contribution < -0.4 is 15.4 Å². The summed E-state index contributed by atoms with van der Waals surface area (Å²) in [7, 11) is 0. The number of carbonyl (C=O) groups is 3. The third-order valence-corrected chi connectivity index (χ3v) is 8.09. The van der Waals surface area contributed by atoms with Crippen LogP contribution in [0.2, 0.25) is 0 Å². The van der Waals surface area contributed by atoms with Gasteiger partial charge in [0.2, 0.25) is 5.91 Å². The molecule has 0 aliphatic rings. The first kappa shape index (κ1) is 40.4. The lowest BCUT2D eigenvalue weighted by Crippen LogP contribution is -2.48. The summed E-state index contributed by atoms with van der Waals surface area (Å²) in [6.45, 7) is 26.2. The van der Waals surface area contributed by atoms with Crippen LogP contribution in [0, 0.1) is 23.2 Å². The molecule has 0 bridgehead atoms. The summed E-state index contributed by atoms with van der Waals surface area (Å²) in [5, 5.41) is 17.3. The van der Waals surface area contributed by atoms with Gasteiger partial charge < -0.3 is 25.2 Å². The number of hydrogen-bond donors (Lipinski definition) is 3. The fourth-order valence-electron chi connectivity index (χ4n) is 4.98. The van der Waals surface area contributed by atoms with Gasteiger partial charge in [-0.15, -0.1) is 0 Å². The molecule has 0 spiro atoms. The number of unbranched alkanes of at least 4 members (excludes halogenated alkanes) is 1. The minimum absolute atomic E-state index is 0.00191. The second-order valence-electron chi connectivity index (χ2n) is 16.1. The van der Waals surface area contributed by atoms with Crippen molar-refractivity contribution in [3.63, 3.8) is 0 Å². The Hall–Kier alpha value is -2.61. The van der Waals surface area contributed by atoms with Crippen molar-refractivity contribution in [2.24, 2.45) is 23.2 Å². The average molecular weight is 633 g/mol. The van der Waals surface area contributed by atoms with Crippen molar-refractivity contribution >= 4 is 17.8 Å². The van der Waals surface area contributed by atoms with Crippen LogP contribution in [0.25, 0.3) is 0 Å². The average Bonchev–Trinajstić information content (AvgIpc) is 2.88. The van der Waals surface area contributed by atoms with Crippen LogP contribution in [0.5, 0.6) is 5.75 Å². The van der Waals surface area contributed by atoms with Crippen LogP contribution in [0.4, 0.5) is 4.79 Å². The van der Waals surface area contributed by atoms with Gasteiger partial charge in [0.15, 0.2) is 5.78 Å². The van der Waals surface area contributed by atoms with E-state index in [-0.39, 0.29) is 42.0 Å². The lowest BCUT2D eigenvalue weighted by molar-refractivity contribution is -0.128. The molecular weight excluding hydrogens is 568 g/mol. The predicted molar refractivity (Wildman–Crippen MR) is 183 cm³/mol. The summed E-state index contributed by atoms with van der Waals surface area (Å²) < 4.78 is 11.7. The van der Waals surface area contributed by atoms with Crippen LogP contribution in [0.3, 0.4) is 0 Å². The number of carbonyl (C=O) groups excluding carboxylic acids is 3. The van der Waals surface area contributed by atoms with Crippen LogP contribution in [0.15, 0.2) is 18.2 Å². The SMILES string of the molecule is CCCCNC(=O)C(C)C[C@H](O)[C@H](C[C@H](Cc1ccc(C(C)(C)C)c(OCC(=O)C(C)(C)C)c1)C(C)C)NC(=O)OC(C)(C)C. The molecule has 0 heterocycles. The summed E-state index contributed by atoms with van der Waals surface area (Å²) in [5.74, 6) is 0.521. The largest absolute Gasteiger partial charge is 0.486 e. The Morgan fingerprint density at radius 3 is 2.07 bits per heavy atom. The van der Waals surface area contributed by atoms with Crippen molar-refractivity contribution in [3.05, 3.63) is 29.3 Å². The van der Waals surface area contributed by atoms with E-state index in [1.54, 1.807) is 27.7 Å². The molecule has 1 aromatic carbocycles. The fourth-order valence-corrected chi connectivity index (χ4v) is 4.98.